The fourth-order valence-electron chi connectivity index (χ4n) is 5.64. The van der Waals surface area contributed by atoms with Gasteiger partial charge in [-0.25, -0.2) is 4.39 Å². The molecule has 0 aliphatic carbocycles. The first-order chi connectivity index (χ1) is 18.9. The lowest BCUT2D eigenvalue weighted by Gasteiger charge is -2.36. The van der Waals surface area contributed by atoms with E-state index in [-0.39, 0.29) is 29.6 Å². The van der Waals surface area contributed by atoms with Gasteiger partial charge in [0.2, 0.25) is 11.8 Å². The zero-order valence-corrected chi connectivity index (χ0v) is 24.0. The van der Waals surface area contributed by atoms with Crippen molar-refractivity contribution in [2.24, 2.45) is 11.3 Å². The number of nitrogens with two attached hydrogens (primary N) is 1. The summed E-state index contributed by atoms with van der Waals surface area (Å²) < 4.78 is 19.3. The fraction of sp³-hybridized carbons (Fsp3) is 0.586. The normalized spacial score (nSPS) is 20.9. The molecule has 0 spiro atoms. The molecule has 0 radical (unpaired) electrons. The summed E-state index contributed by atoms with van der Waals surface area (Å²) in [5.74, 6) is 0.216. The van der Waals surface area contributed by atoms with Crippen molar-refractivity contribution in [2.45, 2.75) is 71.6 Å². The van der Waals surface area contributed by atoms with Gasteiger partial charge >= 0.3 is 0 Å². The molecule has 2 aliphatic rings. The number of piperidine rings is 1. The second-order valence-corrected chi connectivity index (χ2v) is 12.1. The largest absolute Gasteiger partial charge is 0.496 e. The molecule has 2 saturated heterocycles. The molecule has 10 nitrogen and oxygen atoms in total. The topological polar surface area (TPSA) is 134 Å². The average Bonchev–Trinajstić information content (AvgIpc) is 3.24. The minimum absolute atomic E-state index is 0.0637. The van der Waals surface area contributed by atoms with Crippen LogP contribution in [-0.2, 0) is 9.59 Å². The zero-order chi connectivity index (χ0) is 29.2. The number of carbonyl (C=O) groups is 2. The number of amides is 2. The maximum atomic E-state index is 13.9. The molecule has 0 bridgehead atoms. The number of nitrogen functional groups attached to an aromatic ring is 1. The van der Waals surface area contributed by atoms with Crippen molar-refractivity contribution in [3.05, 3.63) is 30.1 Å². The van der Waals surface area contributed by atoms with Crippen LogP contribution in [0.3, 0.4) is 0 Å². The van der Waals surface area contributed by atoms with Crippen LogP contribution in [0.5, 0.6) is 5.75 Å². The summed E-state index contributed by atoms with van der Waals surface area (Å²) in [5, 5.41) is 21.3. The molecule has 4 rings (SSSR count). The second-order valence-electron chi connectivity index (χ2n) is 12.1. The highest BCUT2D eigenvalue weighted by Gasteiger charge is 2.40. The van der Waals surface area contributed by atoms with Crippen molar-refractivity contribution in [1.82, 2.24) is 20.4 Å². The standard InChI is InChI=1S/C29H41FN6O4/c1-17-12-20(37)16-36(17)28(39)26(29(2,3)4)32-25(38)13-18-8-10-35(11-9-18)23-15-22(33-34-27(23)31)21-14-19(30)6-7-24(21)40-5/h6-7,14-15,17-18,20,26,37H,8-13,16H2,1-5H3,(H2,31,34)(H,32,38)/t17-,20-,26-/m1/s1. The van der Waals surface area contributed by atoms with Crippen LogP contribution in [0.15, 0.2) is 24.3 Å². The van der Waals surface area contributed by atoms with E-state index in [4.69, 9.17) is 10.5 Å². The number of nitrogens with one attached hydrogen (secondary N) is 1. The lowest BCUT2D eigenvalue weighted by atomic mass is 9.85. The summed E-state index contributed by atoms with van der Waals surface area (Å²) in [6, 6.07) is 5.29. The summed E-state index contributed by atoms with van der Waals surface area (Å²) in [6.07, 6.45) is 1.86. The molecule has 11 heteroatoms. The highest BCUT2D eigenvalue weighted by Crippen LogP contribution is 2.34. The van der Waals surface area contributed by atoms with E-state index in [1.165, 1.54) is 19.2 Å². The van der Waals surface area contributed by atoms with Gasteiger partial charge in [0.05, 0.1) is 24.6 Å². The van der Waals surface area contributed by atoms with Crippen LogP contribution in [0, 0.1) is 17.2 Å². The smallest absolute Gasteiger partial charge is 0.246 e. The molecule has 3 atom stereocenters. The molecule has 2 aromatic rings. The number of halogens is 1. The summed E-state index contributed by atoms with van der Waals surface area (Å²) in [5.41, 5.74) is 7.35. The van der Waals surface area contributed by atoms with E-state index in [1.54, 1.807) is 17.0 Å². The number of β-amino-alcohol motifs (C(OH)–C–C–N with tert-alkyl or cyclic N) is 1. The van der Waals surface area contributed by atoms with Crippen LogP contribution < -0.4 is 20.7 Å². The van der Waals surface area contributed by atoms with Crippen molar-refractivity contribution in [1.29, 1.82) is 0 Å². The lowest BCUT2D eigenvalue weighted by molar-refractivity contribution is -0.140. The van der Waals surface area contributed by atoms with Gasteiger partial charge in [-0.1, -0.05) is 20.8 Å². The molecule has 0 unspecified atom stereocenters. The number of aliphatic hydroxyl groups is 1. The third kappa shape index (κ3) is 6.63. The van der Waals surface area contributed by atoms with E-state index in [9.17, 15) is 19.1 Å². The van der Waals surface area contributed by atoms with Crippen LogP contribution in [0.2, 0.25) is 0 Å². The quantitative estimate of drug-likeness (QED) is 0.474. The van der Waals surface area contributed by atoms with Crippen LogP contribution in [0.4, 0.5) is 15.9 Å². The molecule has 1 aromatic heterocycles. The van der Waals surface area contributed by atoms with Gasteiger partial charge in [0, 0.05) is 37.7 Å². The molecule has 4 N–H and O–H groups in total. The monoisotopic (exact) mass is 556 g/mol. The van der Waals surface area contributed by atoms with Crippen molar-refractivity contribution in [3.8, 4) is 17.0 Å². The summed E-state index contributed by atoms with van der Waals surface area (Å²) in [7, 11) is 1.51. The fourth-order valence-corrected chi connectivity index (χ4v) is 5.64. The number of aliphatic hydroxyl groups excluding tert-OH is 1. The molecule has 1 aromatic carbocycles. The third-order valence-corrected chi connectivity index (χ3v) is 7.92. The summed E-state index contributed by atoms with van der Waals surface area (Å²) in [6.45, 7) is 9.36. The van der Waals surface area contributed by atoms with Crippen LogP contribution in [0.1, 0.15) is 53.4 Å². The van der Waals surface area contributed by atoms with E-state index in [0.717, 1.165) is 12.8 Å². The molecule has 3 heterocycles. The molecular weight excluding hydrogens is 515 g/mol. The Morgan fingerprint density at radius 3 is 2.52 bits per heavy atom. The maximum Gasteiger partial charge on any atom is 0.246 e. The molecule has 0 saturated carbocycles. The summed E-state index contributed by atoms with van der Waals surface area (Å²) >= 11 is 0. The number of hydrogen-bond donors (Lipinski definition) is 3. The molecule has 2 amide bonds. The van der Waals surface area contributed by atoms with Crippen LogP contribution in [-0.4, -0.2) is 76.9 Å². The zero-order valence-electron chi connectivity index (χ0n) is 24.0. The van der Waals surface area contributed by atoms with E-state index >= 15 is 0 Å². The van der Waals surface area contributed by atoms with Gasteiger partial charge in [-0.15, -0.1) is 10.2 Å². The number of methoxy groups -OCH3 is 1. The van der Waals surface area contributed by atoms with Gasteiger partial charge in [0.15, 0.2) is 5.82 Å². The molecule has 2 aliphatic heterocycles. The highest BCUT2D eigenvalue weighted by molar-refractivity contribution is 5.89. The first-order valence-corrected chi connectivity index (χ1v) is 13.9. The molecule has 40 heavy (non-hydrogen) atoms. The number of hydrogen-bond acceptors (Lipinski definition) is 8. The van der Waals surface area contributed by atoms with Crippen molar-refractivity contribution >= 4 is 23.3 Å². The highest BCUT2D eigenvalue weighted by atomic mass is 19.1. The van der Waals surface area contributed by atoms with Gasteiger partial charge < -0.3 is 30.7 Å². The number of likely N-dealkylation sites (tertiary alicyclic amines) is 1. The van der Waals surface area contributed by atoms with Crippen molar-refractivity contribution in [2.75, 3.05) is 37.4 Å². The van der Waals surface area contributed by atoms with E-state index in [0.29, 0.717) is 55.2 Å². The van der Waals surface area contributed by atoms with Gasteiger partial charge in [0.1, 0.15) is 17.6 Å². The number of anilines is 2. The lowest BCUT2D eigenvalue weighted by Crippen LogP contribution is -2.55. The second kappa shape index (κ2) is 12.0. The van der Waals surface area contributed by atoms with Gasteiger partial charge in [0.25, 0.3) is 0 Å². The average molecular weight is 557 g/mol. The first-order valence-electron chi connectivity index (χ1n) is 13.9. The summed E-state index contributed by atoms with van der Waals surface area (Å²) in [4.78, 5) is 30.2. The number of carbonyl (C=O) groups excluding carboxylic acids is 2. The Balaban J connectivity index is 1.38. The number of benzene rings is 1. The Morgan fingerprint density at radius 2 is 1.93 bits per heavy atom. The Morgan fingerprint density at radius 1 is 1.23 bits per heavy atom. The van der Waals surface area contributed by atoms with Crippen molar-refractivity contribution < 1.29 is 23.8 Å². The Kier molecular flexibility index (Phi) is 8.82. The Labute approximate surface area is 235 Å². The minimum atomic E-state index is -0.672. The third-order valence-electron chi connectivity index (χ3n) is 7.92. The van der Waals surface area contributed by atoms with E-state index < -0.39 is 23.4 Å². The predicted octanol–water partition coefficient (Wildman–Crippen LogP) is 2.99. The Bertz CT molecular complexity index is 1230. The maximum absolute atomic E-state index is 13.9. The van der Waals surface area contributed by atoms with Crippen molar-refractivity contribution in [3.63, 3.8) is 0 Å². The van der Waals surface area contributed by atoms with Crippen LogP contribution in [0.25, 0.3) is 11.3 Å². The molecule has 2 fully saturated rings. The minimum Gasteiger partial charge on any atom is -0.496 e. The van der Waals surface area contributed by atoms with E-state index in [1.807, 2.05) is 27.7 Å². The van der Waals surface area contributed by atoms with Gasteiger partial charge in [-0.05, 0) is 61.8 Å². The van der Waals surface area contributed by atoms with E-state index in [2.05, 4.69) is 20.4 Å². The first kappa shape index (κ1) is 29.5. The number of rotatable bonds is 7. The SMILES string of the molecule is COc1ccc(F)cc1-c1cc(N2CCC(CC(=O)N[C@H](C(=O)N3C[C@H](O)C[C@H]3C)C(C)(C)C)CC2)c(N)nn1. The number of nitrogens with zero attached hydrogens (tertiary/aromatic N) is 4. The van der Waals surface area contributed by atoms with Crippen LogP contribution >= 0.6 is 0 Å². The molecular formula is C29H41FN6O4. The number of ether oxygens (including phenoxy) is 1. The van der Waals surface area contributed by atoms with Gasteiger partial charge in [-0.3, -0.25) is 9.59 Å². The number of aromatic nitrogens is 2. The molecule has 218 valence electrons. The van der Waals surface area contributed by atoms with Gasteiger partial charge in [-0.2, -0.15) is 0 Å². The Hall–Kier alpha value is -3.47. The predicted molar refractivity (Wildman–Crippen MR) is 151 cm³/mol.